The molecule has 5 nitrogen and oxygen atoms in total. The monoisotopic (exact) mass is 262 g/mol. The van der Waals surface area contributed by atoms with E-state index in [0.717, 1.165) is 12.8 Å². The van der Waals surface area contributed by atoms with Crippen LogP contribution in [-0.2, 0) is 4.79 Å². The van der Waals surface area contributed by atoms with Gasteiger partial charge < -0.3 is 15.3 Å². The average Bonchev–Trinajstić information content (AvgIpc) is 2.86. The third-order valence-corrected chi connectivity index (χ3v) is 3.30. The molecule has 1 fully saturated rings. The van der Waals surface area contributed by atoms with Crippen LogP contribution in [-0.4, -0.2) is 41.0 Å². The Hall–Kier alpha value is -1.88. The van der Waals surface area contributed by atoms with Crippen molar-refractivity contribution < 1.29 is 14.7 Å². The highest BCUT2D eigenvalue weighted by Crippen LogP contribution is 2.20. The zero-order valence-electron chi connectivity index (χ0n) is 10.9. The molecule has 1 saturated heterocycles. The first-order valence-corrected chi connectivity index (χ1v) is 6.41. The molecule has 0 spiro atoms. The van der Waals surface area contributed by atoms with Crippen LogP contribution < -0.4 is 5.32 Å². The summed E-state index contributed by atoms with van der Waals surface area (Å²) in [5.41, 5.74) is 1.25. The maximum absolute atomic E-state index is 12.3. The SMILES string of the molecule is CC(=O)Nc1ccc(C(=O)N2CCC[C@H]2CO)cc1. The van der Waals surface area contributed by atoms with E-state index in [9.17, 15) is 14.7 Å². The van der Waals surface area contributed by atoms with E-state index < -0.39 is 0 Å². The lowest BCUT2D eigenvalue weighted by atomic mass is 10.1. The van der Waals surface area contributed by atoms with Crippen LogP contribution >= 0.6 is 0 Å². The van der Waals surface area contributed by atoms with Gasteiger partial charge in [-0.15, -0.1) is 0 Å². The van der Waals surface area contributed by atoms with Gasteiger partial charge in [0, 0.05) is 24.7 Å². The number of hydrogen-bond donors (Lipinski definition) is 2. The number of likely N-dealkylation sites (tertiary alicyclic amines) is 1. The van der Waals surface area contributed by atoms with Crippen molar-refractivity contribution in [3.8, 4) is 0 Å². The molecule has 1 aliphatic heterocycles. The van der Waals surface area contributed by atoms with Crippen molar-refractivity contribution >= 4 is 17.5 Å². The maximum Gasteiger partial charge on any atom is 0.254 e. The number of carbonyl (C=O) groups is 2. The van der Waals surface area contributed by atoms with Crippen molar-refractivity contribution in [1.29, 1.82) is 0 Å². The molecule has 1 atom stereocenters. The van der Waals surface area contributed by atoms with Gasteiger partial charge in [-0.1, -0.05) is 0 Å². The Balaban J connectivity index is 2.09. The van der Waals surface area contributed by atoms with Gasteiger partial charge in [0.2, 0.25) is 5.91 Å². The predicted molar refractivity (Wildman–Crippen MR) is 71.9 cm³/mol. The lowest BCUT2D eigenvalue weighted by molar-refractivity contribution is -0.114. The minimum Gasteiger partial charge on any atom is -0.394 e. The maximum atomic E-state index is 12.3. The van der Waals surface area contributed by atoms with Gasteiger partial charge in [-0.25, -0.2) is 0 Å². The van der Waals surface area contributed by atoms with Gasteiger partial charge in [0.25, 0.3) is 5.91 Å². The van der Waals surface area contributed by atoms with Crippen LogP contribution in [0.1, 0.15) is 30.1 Å². The number of nitrogens with one attached hydrogen (secondary N) is 1. The van der Waals surface area contributed by atoms with E-state index in [1.165, 1.54) is 6.92 Å². The molecule has 0 saturated carbocycles. The van der Waals surface area contributed by atoms with Gasteiger partial charge in [0.05, 0.1) is 12.6 Å². The molecule has 2 N–H and O–H groups in total. The Labute approximate surface area is 112 Å². The molecule has 5 heteroatoms. The smallest absolute Gasteiger partial charge is 0.254 e. The average molecular weight is 262 g/mol. The zero-order valence-corrected chi connectivity index (χ0v) is 10.9. The summed E-state index contributed by atoms with van der Waals surface area (Å²) in [7, 11) is 0. The lowest BCUT2D eigenvalue weighted by Crippen LogP contribution is -2.37. The number of aliphatic hydroxyl groups excluding tert-OH is 1. The molecule has 19 heavy (non-hydrogen) atoms. The largest absolute Gasteiger partial charge is 0.394 e. The first kappa shape index (κ1) is 13.5. The van der Waals surface area contributed by atoms with Crippen LogP contribution in [0.5, 0.6) is 0 Å². The number of aliphatic hydroxyl groups is 1. The third kappa shape index (κ3) is 3.12. The summed E-state index contributed by atoms with van der Waals surface area (Å²) < 4.78 is 0. The topological polar surface area (TPSA) is 69.6 Å². The van der Waals surface area contributed by atoms with Crippen molar-refractivity contribution in [2.75, 3.05) is 18.5 Å². The number of nitrogens with zero attached hydrogens (tertiary/aromatic N) is 1. The summed E-state index contributed by atoms with van der Waals surface area (Å²) in [5, 5.41) is 11.9. The molecule has 2 amide bonds. The molecule has 0 aliphatic carbocycles. The van der Waals surface area contributed by atoms with Crippen LogP contribution in [0.2, 0.25) is 0 Å². The molecule has 102 valence electrons. The Morgan fingerprint density at radius 3 is 2.63 bits per heavy atom. The van der Waals surface area contributed by atoms with Crippen molar-refractivity contribution in [1.82, 2.24) is 4.90 Å². The molecular weight excluding hydrogens is 244 g/mol. The second-order valence-corrected chi connectivity index (χ2v) is 4.74. The second kappa shape index (κ2) is 5.84. The molecule has 0 unspecified atom stereocenters. The molecular formula is C14H18N2O3. The molecule has 1 aromatic carbocycles. The lowest BCUT2D eigenvalue weighted by Gasteiger charge is -2.23. The number of amides is 2. The highest BCUT2D eigenvalue weighted by atomic mass is 16.3. The van der Waals surface area contributed by atoms with Crippen LogP contribution in [0, 0.1) is 0 Å². The molecule has 1 aliphatic rings. The van der Waals surface area contributed by atoms with Crippen LogP contribution in [0.25, 0.3) is 0 Å². The van der Waals surface area contributed by atoms with Gasteiger partial charge in [0.1, 0.15) is 0 Å². The highest BCUT2D eigenvalue weighted by Gasteiger charge is 2.28. The van der Waals surface area contributed by atoms with E-state index in [1.54, 1.807) is 29.2 Å². The van der Waals surface area contributed by atoms with E-state index in [2.05, 4.69) is 5.32 Å². The van der Waals surface area contributed by atoms with E-state index >= 15 is 0 Å². The van der Waals surface area contributed by atoms with Gasteiger partial charge in [-0.3, -0.25) is 9.59 Å². The highest BCUT2D eigenvalue weighted by molar-refractivity contribution is 5.95. The zero-order chi connectivity index (χ0) is 13.8. The third-order valence-electron chi connectivity index (χ3n) is 3.30. The van der Waals surface area contributed by atoms with Crippen LogP contribution in [0.3, 0.4) is 0 Å². The van der Waals surface area contributed by atoms with Crippen molar-refractivity contribution in [3.63, 3.8) is 0 Å². The first-order chi connectivity index (χ1) is 9.11. The summed E-state index contributed by atoms with van der Waals surface area (Å²) in [4.78, 5) is 24.9. The fraction of sp³-hybridized carbons (Fsp3) is 0.429. The van der Waals surface area contributed by atoms with E-state index in [1.807, 2.05) is 0 Å². The molecule has 0 aromatic heterocycles. The molecule has 2 rings (SSSR count). The normalized spacial score (nSPS) is 18.4. The van der Waals surface area contributed by atoms with Gasteiger partial charge in [-0.05, 0) is 37.1 Å². The fourth-order valence-electron chi connectivity index (χ4n) is 2.36. The fourth-order valence-corrected chi connectivity index (χ4v) is 2.36. The van der Waals surface area contributed by atoms with Crippen molar-refractivity contribution in [2.45, 2.75) is 25.8 Å². The van der Waals surface area contributed by atoms with Crippen molar-refractivity contribution in [3.05, 3.63) is 29.8 Å². The first-order valence-electron chi connectivity index (χ1n) is 6.41. The Kier molecular flexibility index (Phi) is 4.16. The standard InChI is InChI=1S/C14H18N2O3/c1-10(18)15-12-6-4-11(5-7-12)14(19)16-8-2-3-13(16)9-17/h4-7,13,17H,2-3,8-9H2,1H3,(H,15,18)/t13-/m0/s1. The minimum absolute atomic E-state index is 0.00964. The Morgan fingerprint density at radius 2 is 2.05 bits per heavy atom. The van der Waals surface area contributed by atoms with Gasteiger partial charge in [-0.2, -0.15) is 0 Å². The number of anilines is 1. The number of carbonyl (C=O) groups excluding carboxylic acids is 2. The van der Waals surface area contributed by atoms with Gasteiger partial charge in [0.15, 0.2) is 0 Å². The van der Waals surface area contributed by atoms with Crippen LogP contribution in [0.15, 0.2) is 24.3 Å². The minimum atomic E-state index is -0.140. The van der Waals surface area contributed by atoms with Gasteiger partial charge >= 0.3 is 0 Å². The van der Waals surface area contributed by atoms with E-state index in [0.29, 0.717) is 17.8 Å². The summed E-state index contributed by atoms with van der Waals surface area (Å²) >= 11 is 0. The Morgan fingerprint density at radius 1 is 1.37 bits per heavy atom. The molecule has 0 radical (unpaired) electrons. The number of hydrogen-bond acceptors (Lipinski definition) is 3. The predicted octanol–water partition coefficient (Wildman–Crippen LogP) is 1.24. The van der Waals surface area contributed by atoms with Crippen LogP contribution in [0.4, 0.5) is 5.69 Å². The number of benzene rings is 1. The quantitative estimate of drug-likeness (QED) is 0.861. The van der Waals surface area contributed by atoms with Crippen molar-refractivity contribution in [2.24, 2.45) is 0 Å². The second-order valence-electron chi connectivity index (χ2n) is 4.74. The summed E-state index contributed by atoms with van der Waals surface area (Å²) in [5.74, 6) is -0.204. The summed E-state index contributed by atoms with van der Waals surface area (Å²) in [6.07, 6.45) is 1.78. The molecule has 0 bridgehead atoms. The van der Waals surface area contributed by atoms with E-state index in [4.69, 9.17) is 0 Å². The molecule has 1 heterocycles. The number of rotatable bonds is 3. The summed E-state index contributed by atoms with van der Waals surface area (Å²) in [6.45, 7) is 2.14. The molecule has 1 aromatic rings. The Bertz CT molecular complexity index is 470. The van der Waals surface area contributed by atoms with E-state index in [-0.39, 0.29) is 24.5 Å². The summed E-state index contributed by atoms with van der Waals surface area (Å²) in [6, 6.07) is 6.74.